The maximum atomic E-state index is 7.32. The van der Waals surface area contributed by atoms with Crippen LogP contribution in [-0.2, 0) is 6.54 Å². The molecule has 0 aliphatic rings. The Hall–Kier alpha value is -2.44. The van der Waals surface area contributed by atoms with E-state index < -0.39 is 0 Å². The van der Waals surface area contributed by atoms with E-state index in [1.807, 2.05) is 0 Å². The Kier molecular flexibility index (Phi) is 2.99. The largest absolute Gasteiger partial charge is 0.481 e. The molecule has 0 bridgehead atoms. The van der Waals surface area contributed by atoms with Crippen LogP contribution in [0.3, 0.4) is 0 Å². The molecule has 0 aliphatic carbocycles. The van der Waals surface area contributed by atoms with E-state index in [0.717, 1.165) is 5.56 Å². The summed E-state index contributed by atoms with van der Waals surface area (Å²) in [5.74, 6) is 0.449. The summed E-state index contributed by atoms with van der Waals surface area (Å²) in [7, 11) is 1.54. The maximum absolute atomic E-state index is 7.32. The van der Waals surface area contributed by atoms with Crippen LogP contribution in [0.2, 0.25) is 0 Å². The van der Waals surface area contributed by atoms with Crippen molar-refractivity contribution >= 4 is 5.84 Å². The summed E-state index contributed by atoms with van der Waals surface area (Å²) in [6.07, 6.45) is 4.86. The summed E-state index contributed by atoms with van der Waals surface area (Å²) in [5, 5.41) is 11.5. The zero-order valence-electron chi connectivity index (χ0n) is 9.29. The van der Waals surface area contributed by atoms with E-state index in [1.54, 1.807) is 30.3 Å². The number of rotatable bonds is 4. The maximum Gasteiger partial charge on any atom is 0.212 e. The van der Waals surface area contributed by atoms with Crippen LogP contribution in [0.15, 0.2) is 24.8 Å². The van der Waals surface area contributed by atoms with Crippen molar-refractivity contribution < 1.29 is 4.74 Å². The van der Waals surface area contributed by atoms with E-state index in [4.69, 9.17) is 15.9 Å². The van der Waals surface area contributed by atoms with Gasteiger partial charge in [-0.25, -0.2) is 14.6 Å². The van der Waals surface area contributed by atoms with Gasteiger partial charge in [-0.1, -0.05) is 0 Å². The highest BCUT2D eigenvalue weighted by Gasteiger charge is 2.10. The molecule has 0 saturated heterocycles. The van der Waals surface area contributed by atoms with Crippen LogP contribution in [0.5, 0.6) is 5.88 Å². The second kappa shape index (κ2) is 4.60. The summed E-state index contributed by atoms with van der Waals surface area (Å²) >= 11 is 0. The number of nitrogens with two attached hydrogens (primary N) is 1. The van der Waals surface area contributed by atoms with Gasteiger partial charge in [0.2, 0.25) is 5.88 Å². The van der Waals surface area contributed by atoms with Crippen LogP contribution >= 0.6 is 0 Å². The lowest BCUT2D eigenvalue weighted by Crippen LogP contribution is -2.13. The first-order valence-corrected chi connectivity index (χ1v) is 4.91. The molecule has 0 radical (unpaired) electrons. The number of nitrogens with one attached hydrogen (secondary N) is 1. The van der Waals surface area contributed by atoms with Gasteiger partial charge in [0, 0.05) is 24.0 Å². The van der Waals surface area contributed by atoms with Crippen molar-refractivity contribution in [3.05, 3.63) is 36.0 Å². The van der Waals surface area contributed by atoms with Gasteiger partial charge in [-0.05, 0) is 0 Å². The molecule has 0 aromatic carbocycles. The Morgan fingerprint density at radius 1 is 1.47 bits per heavy atom. The topological polar surface area (TPSA) is 103 Å². The number of nitrogen functional groups attached to an aromatic ring is 1. The standard InChI is InChI=1S/C10H12N6O/c1-17-9-2-8(10(11)12)15-16(9)5-7-3-13-6-14-4-7/h2-4,6H,5H2,1H3,(H3,11,12). The molecule has 0 unspecified atom stereocenters. The van der Waals surface area contributed by atoms with Crippen LogP contribution in [0.25, 0.3) is 0 Å². The minimum absolute atomic E-state index is 0.0913. The first kappa shape index (κ1) is 11.1. The van der Waals surface area contributed by atoms with Crippen LogP contribution < -0.4 is 10.5 Å². The number of amidine groups is 1. The fraction of sp³-hybridized carbons (Fsp3) is 0.200. The Morgan fingerprint density at radius 3 is 2.76 bits per heavy atom. The molecule has 88 valence electrons. The van der Waals surface area contributed by atoms with Crippen molar-refractivity contribution in [3.63, 3.8) is 0 Å². The van der Waals surface area contributed by atoms with Crippen LogP contribution in [0, 0.1) is 5.41 Å². The van der Waals surface area contributed by atoms with Gasteiger partial charge >= 0.3 is 0 Å². The summed E-state index contributed by atoms with van der Waals surface area (Å²) in [5.41, 5.74) is 6.65. The first-order chi connectivity index (χ1) is 8.20. The summed E-state index contributed by atoms with van der Waals surface area (Å²) < 4.78 is 6.76. The number of hydrogen-bond acceptors (Lipinski definition) is 5. The average Bonchev–Trinajstić information content (AvgIpc) is 2.74. The van der Waals surface area contributed by atoms with Gasteiger partial charge in [0.05, 0.1) is 13.7 Å². The van der Waals surface area contributed by atoms with Gasteiger partial charge in [0.1, 0.15) is 17.9 Å². The van der Waals surface area contributed by atoms with Crippen molar-refractivity contribution in [2.45, 2.75) is 6.54 Å². The molecule has 0 atom stereocenters. The minimum atomic E-state index is -0.0913. The Balaban J connectivity index is 2.29. The second-order valence-electron chi connectivity index (χ2n) is 3.39. The lowest BCUT2D eigenvalue weighted by molar-refractivity contribution is 0.366. The number of nitrogens with zero attached hydrogens (tertiary/aromatic N) is 4. The molecule has 3 N–H and O–H groups in total. The van der Waals surface area contributed by atoms with Gasteiger partial charge in [0.25, 0.3) is 0 Å². The van der Waals surface area contributed by atoms with Gasteiger partial charge in [-0.15, -0.1) is 0 Å². The fourth-order valence-corrected chi connectivity index (χ4v) is 1.39. The Bertz CT molecular complexity index is 521. The lowest BCUT2D eigenvalue weighted by Gasteiger charge is -2.04. The predicted octanol–water partition coefficient (Wildman–Crippen LogP) is 0.0141. The number of aromatic nitrogens is 4. The molecule has 2 aromatic heterocycles. The quantitative estimate of drug-likeness (QED) is 0.571. The van der Waals surface area contributed by atoms with E-state index in [9.17, 15) is 0 Å². The molecule has 0 saturated carbocycles. The fourth-order valence-electron chi connectivity index (χ4n) is 1.39. The number of ether oxygens (including phenoxy) is 1. The Labute approximate surface area is 97.8 Å². The zero-order chi connectivity index (χ0) is 12.3. The molecular formula is C10H12N6O. The average molecular weight is 232 g/mol. The smallest absolute Gasteiger partial charge is 0.212 e. The van der Waals surface area contributed by atoms with E-state index in [2.05, 4.69) is 15.1 Å². The number of hydrogen-bond donors (Lipinski definition) is 2. The molecule has 7 heteroatoms. The summed E-state index contributed by atoms with van der Waals surface area (Å²) in [6.45, 7) is 0.470. The van der Waals surface area contributed by atoms with Crippen LogP contribution in [0.4, 0.5) is 0 Å². The predicted molar refractivity (Wildman–Crippen MR) is 60.9 cm³/mol. The highest BCUT2D eigenvalue weighted by atomic mass is 16.5. The summed E-state index contributed by atoms with van der Waals surface area (Å²) in [4.78, 5) is 7.84. The molecule has 7 nitrogen and oxygen atoms in total. The third kappa shape index (κ3) is 2.39. The van der Waals surface area contributed by atoms with Crippen molar-refractivity contribution in [3.8, 4) is 5.88 Å². The molecule has 0 amide bonds. The van der Waals surface area contributed by atoms with Gasteiger partial charge in [0.15, 0.2) is 0 Å². The molecule has 0 fully saturated rings. The molecule has 2 rings (SSSR count). The number of methoxy groups -OCH3 is 1. The third-order valence-corrected chi connectivity index (χ3v) is 2.17. The van der Waals surface area contributed by atoms with Crippen molar-refractivity contribution in [2.24, 2.45) is 5.73 Å². The van der Waals surface area contributed by atoms with E-state index in [-0.39, 0.29) is 5.84 Å². The van der Waals surface area contributed by atoms with Gasteiger partial charge in [-0.3, -0.25) is 5.41 Å². The molecule has 0 spiro atoms. The lowest BCUT2D eigenvalue weighted by atomic mass is 10.3. The third-order valence-electron chi connectivity index (χ3n) is 2.17. The zero-order valence-corrected chi connectivity index (χ0v) is 9.29. The van der Waals surface area contributed by atoms with Crippen molar-refractivity contribution in [1.82, 2.24) is 19.7 Å². The van der Waals surface area contributed by atoms with E-state index >= 15 is 0 Å². The molecular weight excluding hydrogens is 220 g/mol. The van der Waals surface area contributed by atoms with Crippen molar-refractivity contribution in [2.75, 3.05) is 7.11 Å². The monoisotopic (exact) mass is 232 g/mol. The molecule has 2 aromatic rings. The molecule has 2 heterocycles. The van der Waals surface area contributed by atoms with E-state index in [1.165, 1.54) is 6.33 Å². The minimum Gasteiger partial charge on any atom is -0.481 e. The normalized spacial score (nSPS) is 10.2. The van der Waals surface area contributed by atoms with E-state index in [0.29, 0.717) is 18.1 Å². The Morgan fingerprint density at radius 2 is 2.18 bits per heavy atom. The van der Waals surface area contributed by atoms with Crippen LogP contribution in [0.1, 0.15) is 11.3 Å². The molecule has 0 aliphatic heterocycles. The SMILES string of the molecule is COc1cc(C(=N)N)nn1Cc1cncnc1. The highest BCUT2D eigenvalue weighted by molar-refractivity contribution is 5.93. The van der Waals surface area contributed by atoms with Gasteiger partial charge < -0.3 is 10.5 Å². The van der Waals surface area contributed by atoms with Gasteiger partial charge in [-0.2, -0.15) is 5.10 Å². The second-order valence-corrected chi connectivity index (χ2v) is 3.39. The van der Waals surface area contributed by atoms with Crippen LogP contribution in [-0.4, -0.2) is 32.7 Å². The molecule has 17 heavy (non-hydrogen) atoms. The van der Waals surface area contributed by atoms with Crippen molar-refractivity contribution in [1.29, 1.82) is 5.41 Å². The highest BCUT2D eigenvalue weighted by Crippen LogP contribution is 2.14. The first-order valence-electron chi connectivity index (χ1n) is 4.91. The summed E-state index contributed by atoms with van der Waals surface area (Å²) in [6, 6.07) is 1.62.